The largest absolute Gasteiger partial charge is 0.486 e. The lowest BCUT2D eigenvalue weighted by atomic mass is 9.77. The molecule has 2 N–H and O–H groups in total. The van der Waals surface area contributed by atoms with Gasteiger partial charge in [-0.2, -0.15) is 5.26 Å². The van der Waals surface area contributed by atoms with Gasteiger partial charge in [0.25, 0.3) is 5.91 Å². The highest BCUT2D eigenvalue weighted by atomic mass is 79.9. The summed E-state index contributed by atoms with van der Waals surface area (Å²) in [6.45, 7) is 1.99. The van der Waals surface area contributed by atoms with Crippen LogP contribution in [0.3, 0.4) is 0 Å². The number of ketones is 1. The molecule has 1 atom stereocenters. The lowest BCUT2D eigenvalue weighted by Gasteiger charge is -2.33. The summed E-state index contributed by atoms with van der Waals surface area (Å²) in [5.74, 6) is 1.04. The van der Waals surface area contributed by atoms with Crippen molar-refractivity contribution in [3.8, 4) is 11.8 Å². The number of rotatable bonds is 6. The molecule has 1 aliphatic heterocycles. The number of ether oxygens (including phenoxy) is 1. The molecule has 0 spiro atoms. The van der Waals surface area contributed by atoms with E-state index in [0.29, 0.717) is 51.9 Å². The van der Waals surface area contributed by atoms with Crippen molar-refractivity contribution < 1.29 is 18.7 Å². The van der Waals surface area contributed by atoms with Crippen LogP contribution in [-0.4, -0.2) is 16.7 Å². The number of nitrogens with zero attached hydrogens (tertiary/aromatic N) is 2. The van der Waals surface area contributed by atoms with E-state index in [1.165, 1.54) is 0 Å². The van der Waals surface area contributed by atoms with E-state index in [9.17, 15) is 9.59 Å². The van der Waals surface area contributed by atoms with Crippen molar-refractivity contribution in [1.29, 1.82) is 5.26 Å². The number of dihydropyridines is 1. The summed E-state index contributed by atoms with van der Waals surface area (Å²) in [7, 11) is 0. The molecule has 186 valence electrons. The summed E-state index contributed by atoms with van der Waals surface area (Å²) in [4.78, 5) is 30.8. The van der Waals surface area contributed by atoms with Crippen LogP contribution in [0.2, 0.25) is 0 Å². The monoisotopic (exact) mass is 558 g/mol. The Balaban J connectivity index is 1.44. The second-order valence-corrected chi connectivity index (χ2v) is 9.73. The van der Waals surface area contributed by atoms with E-state index < -0.39 is 5.92 Å². The lowest BCUT2D eigenvalue weighted by molar-refractivity contribution is -0.116. The summed E-state index contributed by atoms with van der Waals surface area (Å²) >= 11 is 3.35. The van der Waals surface area contributed by atoms with Gasteiger partial charge < -0.3 is 19.8 Å². The smallest absolute Gasteiger partial charge is 0.255 e. The summed E-state index contributed by atoms with van der Waals surface area (Å²) in [5, 5.41) is 15.1. The van der Waals surface area contributed by atoms with Crippen molar-refractivity contribution in [2.75, 3.05) is 5.32 Å². The van der Waals surface area contributed by atoms with Crippen LogP contribution in [-0.2, 0) is 16.2 Å². The fourth-order valence-corrected chi connectivity index (χ4v) is 4.84. The maximum absolute atomic E-state index is 13.5. The number of nitrogens with one attached hydrogen (secondary N) is 2. The Morgan fingerprint density at radius 2 is 2.03 bits per heavy atom. The molecule has 2 aromatic heterocycles. The minimum absolute atomic E-state index is 0.00472. The number of halogens is 1. The standard InChI is InChI=1S/C28H23BrN4O4/c1-16-25(28(35)33-24-12-7-18(29)14-31-24)27(26-21(32-16)3-2-4-22(26)34)23-11-10-20(37-23)15-36-19-8-5-17(13-30)6-9-19/h5-12,14,27,32H,2-4,15H2,1H3,(H,31,33,35). The lowest BCUT2D eigenvalue weighted by Crippen LogP contribution is -2.35. The van der Waals surface area contributed by atoms with E-state index >= 15 is 0 Å². The maximum atomic E-state index is 13.5. The number of Topliss-reactive ketones (excluding diaryl/α,β-unsaturated/α-hetero) is 1. The first-order valence-corrected chi connectivity index (χ1v) is 12.6. The fraction of sp³-hybridized carbons (Fsp3) is 0.214. The molecule has 5 rings (SSSR count). The molecular formula is C28H23BrN4O4. The van der Waals surface area contributed by atoms with Crippen molar-refractivity contribution >= 4 is 33.4 Å². The van der Waals surface area contributed by atoms with Crippen molar-refractivity contribution in [3.05, 3.63) is 98.8 Å². The highest BCUT2D eigenvalue weighted by Gasteiger charge is 2.40. The normalized spacial score (nSPS) is 17.1. The van der Waals surface area contributed by atoms with E-state index in [2.05, 4.69) is 37.6 Å². The number of carbonyl (C=O) groups excluding carboxylic acids is 2. The van der Waals surface area contributed by atoms with Crippen molar-refractivity contribution in [3.63, 3.8) is 0 Å². The topological polar surface area (TPSA) is 117 Å². The molecule has 0 bridgehead atoms. The van der Waals surface area contributed by atoms with Crippen LogP contribution in [0.1, 0.15) is 49.2 Å². The van der Waals surface area contributed by atoms with Crippen molar-refractivity contribution in [2.24, 2.45) is 0 Å². The van der Waals surface area contributed by atoms with Gasteiger partial charge in [-0.15, -0.1) is 0 Å². The van der Waals surface area contributed by atoms with Crippen LogP contribution in [0.4, 0.5) is 5.82 Å². The molecule has 8 nitrogen and oxygen atoms in total. The molecule has 1 amide bonds. The third kappa shape index (κ3) is 5.20. The van der Waals surface area contributed by atoms with Gasteiger partial charge in [0.2, 0.25) is 0 Å². The van der Waals surface area contributed by atoms with Crippen molar-refractivity contribution in [2.45, 2.75) is 38.7 Å². The number of pyridine rings is 1. The average Bonchev–Trinajstić information content (AvgIpc) is 3.37. The van der Waals surface area contributed by atoms with Crippen LogP contribution >= 0.6 is 15.9 Å². The molecular weight excluding hydrogens is 536 g/mol. The Bertz CT molecular complexity index is 1460. The Kier molecular flexibility index (Phi) is 6.93. The minimum atomic E-state index is -0.650. The summed E-state index contributed by atoms with van der Waals surface area (Å²) < 4.78 is 12.8. The number of hydrogen-bond acceptors (Lipinski definition) is 7. The highest BCUT2D eigenvalue weighted by molar-refractivity contribution is 9.10. The Morgan fingerprint density at radius 3 is 2.76 bits per heavy atom. The third-order valence-electron chi connectivity index (χ3n) is 6.32. The number of allylic oxidation sites excluding steroid dienone is 3. The van der Waals surface area contributed by atoms with Crippen LogP contribution in [0.15, 0.2) is 86.2 Å². The van der Waals surface area contributed by atoms with Gasteiger partial charge in [0.15, 0.2) is 5.78 Å². The number of nitriles is 1. The number of amides is 1. The molecule has 37 heavy (non-hydrogen) atoms. The molecule has 0 fully saturated rings. The number of anilines is 1. The molecule has 1 unspecified atom stereocenters. The predicted molar refractivity (Wildman–Crippen MR) is 139 cm³/mol. The zero-order valence-corrected chi connectivity index (χ0v) is 21.6. The van der Waals surface area contributed by atoms with Gasteiger partial charge in [-0.1, -0.05) is 0 Å². The van der Waals surface area contributed by atoms with E-state index in [0.717, 1.165) is 23.0 Å². The summed E-state index contributed by atoms with van der Waals surface area (Å²) in [5.41, 5.74) is 3.03. The quantitative estimate of drug-likeness (QED) is 0.410. The molecule has 0 saturated carbocycles. The van der Waals surface area contributed by atoms with Gasteiger partial charge in [0.1, 0.15) is 29.7 Å². The number of aromatic nitrogens is 1. The molecule has 0 saturated heterocycles. The third-order valence-corrected chi connectivity index (χ3v) is 6.79. The van der Waals surface area contributed by atoms with Gasteiger partial charge in [-0.3, -0.25) is 9.59 Å². The molecule has 3 heterocycles. The van der Waals surface area contributed by atoms with E-state index in [-0.39, 0.29) is 18.3 Å². The predicted octanol–water partition coefficient (Wildman–Crippen LogP) is 5.49. The second kappa shape index (κ2) is 10.4. The zero-order valence-electron chi connectivity index (χ0n) is 20.0. The number of carbonyl (C=O) groups is 2. The molecule has 2 aliphatic rings. The minimum Gasteiger partial charge on any atom is -0.486 e. The van der Waals surface area contributed by atoms with Crippen LogP contribution in [0.25, 0.3) is 0 Å². The first kappa shape index (κ1) is 24.5. The van der Waals surface area contributed by atoms with Gasteiger partial charge in [0.05, 0.1) is 23.1 Å². The van der Waals surface area contributed by atoms with Gasteiger partial charge in [-0.05, 0) is 84.2 Å². The Labute approximate surface area is 222 Å². The SMILES string of the molecule is CC1=C(C(=O)Nc2ccc(Br)cn2)C(c2ccc(COc3ccc(C#N)cc3)o2)C2=C(CCCC2=O)N1. The maximum Gasteiger partial charge on any atom is 0.255 e. The van der Waals surface area contributed by atoms with Crippen LogP contribution < -0.4 is 15.4 Å². The number of hydrogen-bond donors (Lipinski definition) is 2. The fourth-order valence-electron chi connectivity index (χ4n) is 4.61. The first-order chi connectivity index (χ1) is 17.9. The Hall–Kier alpha value is -4.16. The van der Waals surface area contributed by atoms with Crippen LogP contribution in [0.5, 0.6) is 5.75 Å². The van der Waals surface area contributed by atoms with Crippen LogP contribution in [0, 0.1) is 11.3 Å². The molecule has 3 aromatic rings. The average molecular weight is 559 g/mol. The van der Waals surface area contributed by atoms with E-state index in [1.54, 1.807) is 54.7 Å². The summed E-state index contributed by atoms with van der Waals surface area (Å²) in [6, 6.07) is 15.9. The second-order valence-electron chi connectivity index (χ2n) is 8.81. The first-order valence-electron chi connectivity index (χ1n) is 11.8. The van der Waals surface area contributed by atoms with E-state index in [4.69, 9.17) is 14.4 Å². The van der Waals surface area contributed by atoms with Gasteiger partial charge in [-0.25, -0.2) is 4.98 Å². The number of furan rings is 1. The molecule has 1 aliphatic carbocycles. The summed E-state index contributed by atoms with van der Waals surface area (Å²) in [6.07, 6.45) is 3.52. The molecule has 0 radical (unpaired) electrons. The number of benzene rings is 1. The van der Waals surface area contributed by atoms with Crippen molar-refractivity contribution in [1.82, 2.24) is 10.3 Å². The van der Waals surface area contributed by atoms with Gasteiger partial charge in [0, 0.05) is 34.1 Å². The molecule has 1 aromatic carbocycles. The highest BCUT2D eigenvalue weighted by Crippen LogP contribution is 2.43. The Morgan fingerprint density at radius 1 is 1.22 bits per heavy atom. The molecule has 9 heteroatoms. The van der Waals surface area contributed by atoms with Gasteiger partial charge >= 0.3 is 0 Å². The van der Waals surface area contributed by atoms with E-state index in [1.807, 2.05) is 6.92 Å². The zero-order chi connectivity index (χ0) is 25.9.